The predicted molar refractivity (Wildman–Crippen MR) is 172 cm³/mol. The third kappa shape index (κ3) is 6.19. The number of nitro groups is 1. The van der Waals surface area contributed by atoms with Gasteiger partial charge in [0.05, 0.1) is 35.2 Å². The van der Waals surface area contributed by atoms with Crippen molar-refractivity contribution in [2.75, 3.05) is 56.0 Å². The molecular formula is C32H38N8O5. The van der Waals surface area contributed by atoms with Gasteiger partial charge in [-0.3, -0.25) is 10.1 Å². The first-order valence-corrected chi connectivity index (χ1v) is 14.7. The summed E-state index contributed by atoms with van der Waals surface area (Å²) in [5.41, 5.74) is 2.78. The van der Waals surface area contributed by atoms with Crippen LogP contribution in [0.3, 0.4) is 0 Å². The van der Waals surface area contributed by atoms with Crippen molar-refractivity contribution in [3.63, 3.8) is 0 Å². The number of nitrogens with one attached hydrogen (secondary N) is 1. The maximum absolute atomic E-state index is 13.2. The molecule has 4 heterocycles. The Labute approximate surface area is 262 Å². The van der Waals surface area contributed by atoms with Gasteiger partial charge in [0, 0.05) is 49.4 Å². The lowest BCUT2D eigenvalue weighted by molar-refractivity contribution is -0.384. The number of likely N-dealkylation sites (N-methyl/N-ethyl adjacent to an activating group) is 1. The maximum atomic E-state index is 13.2. The van der Waals surface area contributed by atoms with Gasteiger partial charge < -0.3 is 29.5 Å². The third-order valence-electron chi connectivity index (χ3n) is 7.87. The van der Waals surface area contributed by atoms with Gasteiger partial charge in [-0.25, -0.2) is 14.8 Å². The molecule has 13 heteroatoms. The van der Waals surface area contributed by atoms with Gasteiger partial charge in [-0.05, 0) is 52.9 Å². The van der Waals surface area contributed by atoms with E-state index in [1.54, 1.807) is 26.8 Å². The number of carbonyl (C=O) groups is 1. The Morgan fingerprint density at radius 1 is 1.20 bits per heavy atom. The number of anilines is 5. The van der Waals surface area contributed by atoms with E-state index in [1.165, 1.54) is 19.4 Å². The topological polar surface area (TPSA) is 139 Å². The van der Waals surface area contributed by atoms with E-state index in [2.05, 4.69) is 40.9 Å². The second-order valence-electron chi connectivity index (χ2n) is 12.2. The summed E-state index contributed by atoms with van der Waals surface area (Å²) < 4.78 is 11.2. The van der Waals surface area contributed by atoms with Gasteiger partial charge in [0.1, 0.15) is 22.7 Å². The summed E-state index contributed by atoms with van der Waals surface area (Å²) in [6, 6.07) is 7.15. The Morgan fingerprint density at radius 2 is 1.93 bits per heavy atom. The number of esters is 1. The van der Waals surface area contributed by atoms with E-state index in [-0.39, 0.29) is 28.7 Å². The van der Waals surface area contributed by atoms with Gasteiger partial charge in [-0.15, -0.1) is 0 Å². The summed E-state index contributed by atoms with van der Waals surface area (Å²) in [5, 5.41) is 15.3. The number of methoxy groups -OCH3 is 1. The highest BCUT2D eigenvalue weighted by Gasteiger charge is 2.40. The second-order valence-corrected chi connectivity index (χ2v) is 12.2. The molecule has 0 amide bonds. The molecule has 5 rings (SSSR count). The number of fused-ring (bicyclic) bond motifs is 1. The Kier molecular flexibility index (Phi) is 8.53. The lowest BCUT2D eigenvalue weighted by Crippen LogP contribution is -2.57. The fourth-order valence-electron chi connectivity index (χ4n) is 5.49. The zero-order valence-corrected chi connectivity index (χ0v) is 26.8. The highest BCUT2D eigenvalue weighted by Crippen LogP contribution is 2.45. The highest BCUT2D eigenvalue weighted by molar-refractivity contribution is 5.96. The Bertz CT molecular complexity index is 1710. The van der Waals surface area contributed by atoms with E-state index in [1.807, 2.05) is 36.0 Å². The fraction of sp³-hybridized carbons (Fsp3) is 0.438. The predicted octanol–water partition coefficient (Wildman–Crippen LogP) is 4.65. The van der Waals surface area contributed by atoms with E-state index in [0.717, 1.165) is 11.4 Å². The minimum atomic E-state index is -0.567. The van der Waals surface area contributed by atoms with Crippen molar-refractivity contribution in [2.45, 2.75) is 52.2 Å². The summed E-state index contributed by atoms with van der Waals surface area (Å²) in [6.07, 6.45) is 1.05. The molecule has 1 fully saturated rings. The summed E-state index contributed by atoms with van der Waals surface area (Å²) >= 11 is 0. The first kappa shape index (κ1) is 31.5. The molecule has 2 aromatic heterocycles. The molecule has 3 aromatic rings. The van der Waals surface area contributed by atoms with E-state index in [0.29, 0.717) is 54.3 Å². The fourth-order valence-corrected chi connectivity index (χ4v) is 5.49. The number of rotatable bonds is 9. The third-order valence-corrected chi connectivity index (χ3v) is 7.87. The van der Waals surface area contributed by atoms with Crippen molar-refractivity contribution in [1.82, 2.24) is 19.9 Å². The summed E-state index contributed by atoms with van der Waals surface area (Å²) in [5.74, 6) is 6.16. The highest BCUT2D eigenvalue weighted by atomic mass is 16.6. The molecule has 0 spiro atoms. The van der Waals surface area contributed by atoms with E-state index in [9.17, 15) is 14.9 Å². The number of hydrogen-bond acceptors (Lipinski definition) is 12. The second kappa shape index (κ2) is 12.2. The van der Waals surface area contributed by atoms with Crippen LogP contribution < -0.4 is 19.9 Å². The van der Waals surface area contributed by atoms with Crippen LogP contribution >= 0.6 is 0 Å². The van der Waals surface area contributed by atoms with E-state index < -0.39 is 10.9 Å². The molecule has 0 bridgehead atoms. The normalized spacial score (nSPS) is 15.3. The van der Waals surface area contributed by atoms with Crippen LogP contribution in [-0.4, -0.2) is 83.7 Å². The number of pyridine rings is 1. The van der Waals surface area contributed by atoms with Crippen LogP contribution in [0, 0.1) is 22.0 Å². The van der Waals surface area contributed by atoms with Gasteiger partial charge in [-0.2, -0.15) is 4.98 Å². The SMILES string of the molecule is CC#Cc1ccc2c(n1)C(C)(C)CN2c1nc(Nc2cc([N+](=O)[O-])c(N3CC(N(C)C)C3)cc2OC)ncc1C(=O)OC(C)C. The molecule has 13 nitrogen and oxygen atoms in total. The molecule has 2 aliphatic heterocycles. The van der Waals surface area contributed by atoms with Gasteiger partial charge in [0.15, 0.2) is 5.82 Å². The zero-order chi connectivity index (χ0) is 32.6. The molecule has 0 unspecified atom stereocenters. The molecule has 45 heavy (non-hydrogen) atoms. The van der Waals surface area contributed by atoms with E-state index in [4.69, 9.17) is 19.4 Å². The summed E-state index contributed by atoms with van der Waals surface area (Å²) in [6.45, 7) is 11.2. The molecule has 0 atom stereocenters. The van der Waals surface area contributed by atoms with Crippen molar-refractivity contribution in [3.05, 3.63) is 57.5 Å². The monoisotopic (exact) mass is 614 g/mol. The van der Waals surface area contributed by atoms with Gasteiger partial charge in [-0.1, -0.05) is 19.8 Å². The molecule has 0 aliphatic carbocycles. The lowest BCUT2D eigenvalue weighted by atomic mass is 9.91. The van der Waals surface area contributed by atoms with Crippen LogP contribution in [0.15, 0.2) is 30.5 Å². The van der Waals surface area contributed by atoms with Crippen LogP contribution in [-0.2, 0) is 10.2 Å². The van der Waals surface area contributed by atoms with Gasteiger partial charge in [0.25, 0.3) is 5.69 Å². The van der Waals surface area contributed by atoms with Crippen LogP contribution in [0.5, 0.6) is 5.75 Å². The molecule has 0 radical (unpaired) electrons. The number of hydrogen-bond donors (Lipinski definition) is 1. The number of aromatic nitrogens is 3. The van der Waals surface area contributed by atoms with Crippen molar-refractivity contribution in [3.8, 4) is 17.6 Å². The summed E-state index contributed by atoms with van der Waals surface area (Å²) in [4.78, 5) is 45.0. The van der Waals surface area contributed by atoms with Gasteiger partial charge >= 0.3 is 5.97 Å². The average Bonchev–Trinajstić information content (AvgIpc) is 3.21. The number of nitrogens with zero attached hydrogens (tertiary/aromatic N) is 7. The van der Waals surface area contributed by atoms with Crippen LogP contribution in [0.25, 0.3) is 0 Å². The molecule has 1 N–H and O–H groups in total. The Balaban J connectivity index is 1.56. The number of carbonyl (C=O) groups excluding carboxylic acids is 1. The molecule has 0 saturated carbocycles. The Morgan fingerprint density at radius 3 is 2.56 bits per heavy atom. The number of nitro benzene ring substituents is 1. The van der Waals surface area contributed by atoms with Crippen LogP contribution in [0.2, 0.25) is 0 Å². The first-order chi connectivity index (χ1) is 21.3. The van der Waals surface area contributed by atoms with Crippen molar-refractivity contribution in [1.29, 1.82) is 0 Å². The molecule has 2 aliphatic rings. The largest absolute Gasteiger partial charge is 0.494 e. The molecule has 1 saturated heterocycles. The summed E-state index contributed by atoms with van der Waals surface area (Å²) in [7, 11) is 5.48. The standard InChI is InChI=1S/C32H38N8O5/c1-9-10-20-11-12-24-28(34-20)32(4,5)18-39(24)29-22(30(41)45-19(2)3)15-33-31(36-29)35-23-13-26(40(42)43)25(14-27(23)44-8)38-16-21(17-38)37(6)7/h11-15,19,21H,16-18H2,1-8H3,(H,33,35,36). The van der Waals surface area contributed by atoms with Crippen LogP contribution in [0.1, 0.15) is 56.4 Å². The minimum absolute atomic E-state index is 0.0693. The average molecular weight is 615 g/mol. The maximum Gasteiger partial charge on any atom is 0.343 e. The lowest BCUT2D eigenvalue weighted by Gasteiger charge is -2.44. The molecular weight excluding hydrogens is 576 g/mol. The first-order valence-electron chi connectivity index (χ1n) is 14.7. The van der Waals surface area contributed by atoms with Crippen LogP contribution in [0.4, 0.5) is 34.5 Å². The molecule has 236 valence electrons. The number of ether oxygens (including phenoxy) is 2. The van der Waals surface area contributed by atoms with Crippen molar-refractivity contribution < 1.29 is 19.2 Å². The van der Waals surface area contributed by atoms with E-state index >= 15 is 0 Å². The van der Waals surface area contributed by atoms with Crippen molar-refractivity contribution in [2.24, 2.45) is 0 Å². The smallest absolute Gasteiger partial charge is 0.343 e. The minimum Gasteiger partial charge on any atom is -0.494 e. The van der Waals surface area contributed by atoms with Crippen molar-refractivity contribution >= 4 is 40.5 Å². The van der Waals surface area contributed by atoms with Gasteiger partial charge in [0.2, 0.25) is 5.95 Å². The quantitative estimate of drug-likeness (QED) is 0.155. The zero-order valence-electron chi connectivity index (χ0n) is 26.8. The molecule has 1 aromatic carbocycles. The number of benzene rings is 1. The Hall–Kier alpha value is -4.96.